The van der Waals surface area contributed by atoms with E-state index in [9.17, 15) is 23.1 Å². The Morgan fingerprint density at radius 3 is 2.52 bits per heavy atom. The number of amides is 1. The minimum atomic E-state index is -3.74. The molecule has 1 amide bonds. The van der Waals surface area contributed by atoms with E-state index in [0.717, 1.165) is 12.8 Å². The van der Waals surface area contributed by atoms with Gasteiger partial charge in [0.25, 0.3) is 5.91 Å². The standard InChI is InChI=1S/C18H24N2O6S/c1-13-5-6-14(17(21)20-7-3-2-4-15(20)18(22)23)12-16(13)27(24,25)19-8-10-26-11-9-19/h5-6,12,15H,2-4,7-11H2,1H3,(H,22,23)/t15-/m1/s1. The van der Waals surface area contributed by atoms with Gasteiger partial charge in [-0.1, -0.05) is 6.07 Å². The summed E-state index contributed by atoms with van der Waals surface area (Å²) in [6.45, 7) is 3.26. The number of nitrogens with zero attached hydrogens (tertiary/aromatic N) is 2. The molecule has 0 aliphatic carbocycles. The minimum Gasteiger partial charge on any atom is -0.480 e. The minimum absolute atomic E-state index is 0.0825. The van der Waals surface area contributed by atoms with E-state index in [1.54, 1.807) is 19.1 Å². The Labute approximate surface area is 158 Å². The molecule has 0 unspecified atom stereocenters. The van der Waals surface area contributed by atoms with Crippen LogP contribution in [0.1, 0.15) is 35.2 Å². The number of aliphatic carboxylic acids is 1. The molecule has 3 rings (SSSR count). The zero-order chi connectivity index (χ0) is 19.6. The number of hydrogen-bond donors (Lipinski definition) is 1. The summed E-state index contributed by atoms with van der Waals surface area (Å²) in [5.74, 6) is -1.48. The normalized spacial score (nSPS) is 21.8. The summed E-state index contributed by atoms with van der Waals surface area (Å²) in [7, 11) is -3.74. The number of ether oxygens (including phenoxy) is 1. The molecule has 0 aromatic heterocycles. The first-order chi connectivity index (χ1) is 12.8. The molecule has 0 radical (unpaired) electrons. The van der Waals surface area contributed by atoms with Crippen molar-refractivity contribution in [3.05, 3.63) is 29.3 Å². The third-order valence-corrected chi connectivity index (χ3v) is 7.11. The van der Waals surface area contributed by atoms with Crippen LogP contribution in [0.25, 0.3) is 0 Å². The van der Waals surface area contributed by atoms with Crippen molar-refractivity contribution in [1.82, 2.24) is 9.21 Å². The van der Waals surface area contributed by atoms with Gasteiger partial charge in [0.05, 0.1) is 18.1 Å². The Kier molecular flexibility index (Phi) is 5.83. The maximum absolute atomic E-state index is 13.0. The van der Waals surface area contributed by atoms with Crippen LogP contribution >= 0.6 is 0 Å². The molecule has 8 nitrogen and oxygen atoms in total. The first-order valence-electron chi connectivity index (χ1n) is 9.04. The molecule has 2 fully saturated rings. The monoisotopic (exact) mass is 396 g/mol. The van der Waals surface area contributed by atoms with E-state index in [1.807, 2.05) is 0 Å². The number of benzene rings is 1. The molecular formula is C18H24N2O6S. The van der Waals surface area contributed by atoms with Gasteiger partial charge in [-0.05, 0) is 43.9 Å². The van der Waals surface area contributed by atoms with Crippen molar-refractivity contribution in [2.75, 3.05) is 32.8 Å². The number of hydrogen-bond acceptors (Lipinski definition) is 5. The molecule has 2 aliphatic heterocycles. The van der Waals surface area contributed by atoms with E-state index in [1.165, 1.54) is 15.3 Å². The van der Waals surface area contributed by atoms with E-state index in [-0.39, 0.29) is 23.5 Å². The van der Waals surface area contributed by atoms with Crippen molar-refractivity contribution in [3.8, 4) is 0 Å². The van der Waals surface area contributed by atoms with Crippen LogP contribution < -0.4 is 0 Å². The molecule has 0 spiro atoms. The van der Waals surface area contributed by atoms with Crippen LogP contribution in [-0.4, -0.2) is 73.5 Å². The van der Waals surface area contributed by atoms with Crippen molar-refractivity contribution in [3.63, 3.8) is 0 Å². The lowest BCUT2D eigenvalue weighted by molar-refractivity contribution is -0.143. The summed E-state index contributed by atoms with van der Waals surface area (Å²) in [4.78, 5) is 25.8. The van der Waals surface area contributed by atoms with Gasteiger partial charge in [0, 0.05) is 25.2 Å². The molecule has 148 valence electrons. The smallest absolute Gasteiger partial charge is 0.326 e. The Morgan fingerprint density at radius 2 is 1.85 bits per heavy atom. The van der Waals surface area contributed by atoms with E-state index in [0.29, 0.717) is 31.7 Å². The lowest BCUT2D eigenvalue weighted by Gasteiger charge is -2.33. The van der Waals surface area contributed by atoms with Gasteiger partial charge in [-0.15, -0.1) is 0 Å². The van der Waals surface area contributed by atoms with Crippen LogP contribution in [0.15, 0.2) is 23.1 Å². The summed E-state index contributed by atoms with van der Waals surface area (Å²) in [5.41, 5.74) is 0.743. The molecule has 9 heteroatoms. The highest BCUT2D eigenvalue weighted by atomic mass is 32.2. The molecule has 27 heavy (non-hydrogen) atoms. The largest absolute Gasteiger partial charge is 0.480 e. The van der Waals surface area contributed by atoms with Gasteiger partial charge in [0.15, 0.2) is 0 Å². The average Bonchev–Trinajstić information content (AvgIpc) is 2.68. The molecule has 0 saturated carbocycles. The third-order valence-electron chi connectivity index (χ3n) is 5.07. The second-order valence-electron chi connectivity index (χ2n) is 6.85. The summed E-state index contributed by atoms with van der Waals surface area (Å²) >= 11 is 0. The summed E-state index contributed by atoms with van der Waals surface area (Å²) < 4.78 is 32.5. The van der Waals surface area contributed by atoms with Gasteiger partial charge < -0.3 is 14.7 Å². The molecule has 1 N–H and O–H groups in total. The number of piperidine rings is 1. The lowest BCUT2D eigenvalue weighted by Crippen LogP contribution is -2.48. The number of carbonyl (C=O) groups excluding carboxylic acids is 1. The van der Waals surface area contributed by atoms with E-state index in [4.69, 9.17) is 4.74 Å². The van der Waals surface area contributed by atoms with Gasteiger partial charge in [0.1, 0.15) is 6.04 Å². The van der Waals surface area contributed by atoms with Crippen LogP contribution in [0.3, 0.4) is 0 Å². The van der Waals surface area contributed by atoms with Gasteiger partial charge in [-0.2, -0.15) is 4.31 Å². The number of morpholine rings is 1. The van der Waals surface area contributed by atoms with Crippen LogP contribution in [0.4, 0.5) is 0 Å². The number of likely N-dealkylation sites (tertiary alicyclic amines) is 1. The van der Waals surface area contributed by atoms with Crippen LogP contribution in [0.2, 0.25) is 0 Å². The predicted molar refractivity (Wildman–Crippen MR) is 97.1 cm³/mol. The maximum Gasteiger partial charge on any atom is 0.326 e. The van der Waals surface area contributed by atoms with E-state index in [2.05, 4.69) is 0 Å². The molecule has 1 aromatic rings. The predicted octanol–water partition coefficient (Wildman–Crippen LogP) is 1.10. The number of rotatable bonds is 4. The number of carboxylic acids is 1. The Balaban J connectivity index is 1.92. The number of aryl methyl sites for hydroxylation is 1. The van der Waals surface area contributed by atoms with Crippen molar-refractivity contribution < 1.29 is 27.9 Å². The fraction of sp³-hybridized carbons (Fsp3) is 0.556. The van der Waals surface area contributed by atoms with Gasteiger partial charge in [-0.25, -0.2) is 13.2 Å². The molecular weight excluding hydrogens is 372 g/mol. The Morgan fingerprint density at radius 1 is 1.15 bits per heavy atom. The Bertz CT molecular complexity index is 832. The maximum atomic E-state index is 13.0. The SMILES string of the molecule is Cc1ccc(C(=O)N2CCCC[C@@H]2C(=O)O)cc1S(=O)(=O)N1CCOCC1. The highest BCUT2D eigenvalue weighted by Gasteiger charge is 2.34. The number of carbonyl (C=O) groups is 2. The number of carboxylic acid groups (broad SMARTS) is 1. The van der Waals surface area contributed by atoms with Crippen LogP contribution in [0.5, 0.6) is 0 Å². The first-order valence-corrected chi connectivity index (χ1v) is 10.5. The van der Waals surface area contributed by atoms with Crippen molar-refractivity contribution in [2.45, 2.75) is 37.1 Å². The zero-order valence-corrected chi connectivity index (χ0v) is 16.1. The summed E-state index contributed by atoms with van der Waals surface area (Å²) in [6, 6.07) is 3.66. The van der Waals surface area contributed by atoms with Crippen LogP contribution in [-0.2, 0) is 19.6 Å². The molecule has 0 bridgehead atoms. The zero-order valence-electron chi connectivity index (χ0n) is 15.3. The molecule has 1 atom stereocenters. The second-order valence-corrected chi connectivity index (χ2v) is 8.75. The van der Waals surface area contributed by atoms with Gasteiger partial charge in [-0.3, -0.25) is 4.79 Å². The lowest BCUT2D eigenvalue weighted by atomic mass is 10.0. The van der Waals surface area contributed by atoms with E-state index < -0.39 is 27.9 Å². The van der Waals surface area contributed by atoms with Crippen molar-refractivity contribution in [2.24, 2.45) is 0 Å². The molecule has 2 saturated heterocycles. The summed E-state index contributed by atoms with van der Waals surface area (Å²) in [6.07, 6.45) is 1.90. The Hall–Kier alpha value is -1.97. The van der Waals surface area contributed by atoms with Gasteiger partial charge >= 0.3 is 5.97 Å². The third kappa shape index (κ3) is 3.99. The molecule has 2 heterocycles. The average molecular weight is 396 g/mol. The summed E-state index contributed by atoms with van der Waals surface area (Å²) in [5, 5.41) is 9.39. The fourth-order valence-corrected chi connectivity index (χ4v) is 5.19. The van der Waals surface area contributed by atoms with E-state index >= 15 is 0 Å². The molecule has 1 aromatic carbocycles. The molecule has 2 aliphatic rings. The fourth-order valence-electron chi connectivity index (χ4n) is 3.53. The van der Waals surface area contributed by atoms with Crippen molar-refractivity contribution in [1.29, 1.82) is 0 Å². The quantitative estimate of drug-likeness (QED) is 0.817. The van der Waals surface area contributed by atoms with Crippen molar-refractivity contribution >= 4 is 21.9 Å². The van der Waals surface area contributed by atoms with Crippen LogP contribution in [0, 0.1) is 6.92 Å². The second kappa shape index (κ2) is 7.95. The van der Waals surface area contributed by atoms with Gasteiger partial charge in [0.2, 0.25) is 10.0 Å². The first kappa shape index (κ1) is 19.8. The topological polar surface area (TPSA) is 104 Å². The highest BCUT2D eigenvalue weighted by molar-refractivity contribution is 7.89. The highest BCUT2D eigenvalue weighted by Crippen LogP contribution is 2.25. The number of sulfonamides is 1.